The molecule has 0 fully saturated rings. The molecule has 0 spiro atoms. The zero-order valence-corrected chi connectivity index (χ0v) is 11.3. The summed E-state index contributed by atoms with van der Waals surface area (Å²) in [4.78, 5) is 0. The Hall–Kier alpha value is -0.863. The van der Waals surface area contributed by atoms with Gasteiger partial charge in [0.25, 0.3) is 0 Å². The molecule has 1 nitrogen and oxygen atoms in total. The molecule has 1 aromatic rings. The summed E-state index contributed by atoms with van der Waals surface area (Å²) in [6, 6.07) is 11.6. The molecule has 2 heteroatoms. The Kier molecular flexibility index (Phi) is 2.80. The van der Waals surface area contributed by atoms with E-state index in [-0.39, 0.29) is 11.1 Å². The summed E-state index contributed by atoms with van der Waals surface area (Å²) in [5.41, 5.74) is 2.33. The lowest BCUT2D eigenvalue weighted by Gasteiger charge is -2.39. The molecule has 0 unspecified atom stereocenters. The Bertz CT molecular complexity index is 391. The Morgan fingerprint density at radius 3 is 2.25 bits per heavy atom. The van der Waals surface area contributed by atoms with Crippen LogP contribution in [0.15, 0.2) is 42.1 Å². The minimum atomic E-state index is -1.70. The van der Waals surface area contributed by atoms with E-state index in [4.69, 9.17) is 0 Å². The lowest BCUT2D eigenvalue weighted by molar-refractivity contribution is 0.245. The monoisotopic (exact) mass is 232 g/mol. The van der Waals surface area contributed by atoms with E-state index in [1.807, 2.05) is 6.08 Å². The molecule has 16 heavy (non-hydrogen) atoms. The van der Waals surface area contributed by atoms with E-state index >= 15 is 0 Å². The second kappa shape index (κ2) is 3.86. The highest BCUT2D eigenvalue weighted by molar-refractivity contribution is 6.98. The first-order chi connectivity index (χ1) is 7.46. The van der Waals surface area contributed by atoms with E-state index in [1.165, 1.54) is 5.19 Å². The van der Waals surface area contributed by atoms with Crippen LogP contribution < -0.4 is 5.19 Å². The highest BCUT2D eigenvalue weighted by atomic mass is 28.3. The molecule has 86 valence electrons. The molecule has 1 aromatic carbocycles. The van der Waals surface area contributed by atoms with E-state index in [0.29, 0.717) is 0 Å². The lowest BCUT2D eigenvalue weighted by Crippen LogP contribution is -2.53. The molecule has 0 radical (unpaired) electrons. The zero-order valence-electron chi connectivity index (χ0n) is 10.3. The molecule has 0 aliphatic carbocycles. The quantitative estimate of drug-likeness (QED) is 0.738. The van der Waals surface area contributed by atoms with Crippen molar-refractivity contribution in [2.75, 3.05) is 0 Å². The van der Waals surface area contributed by atoms with Crippen LogP contribution in [0.3, 0.4) is 0 Å². The van der Waals surface area contributed by atoms with Crippen molar-refractivity contribution in [1.82, 2.24) is 0 Å². The first kappa shape index (κ1) is 11.6. The standard InChI is InChI=1S/C14H20OSi/c1-14(2,3)16(10-9-12(15)11-16)13-7-5-4-6-8-13/h4-10,12,15H,11H2,1-3H3/t12-,16+/m0/s1. The van der Waals surface area contributed by atoms with Crippen molar-refractivity contribution in [3.8, 4) is 0 Å². The van der Waals surface area contributed by atoms with E-state index in [2.05, 4.69) is 56.8 Å². The van der Waals surface area contributed by atoms with Crippen LogP contribution >= 0.6 is 0 Å². The molecule has 0 aromatic heterocycles. The fourth-order valence-electron chi connectivity index (χ4n) is 2.68. The van der Waals surface area contributed by atoms with Crippen LogP contribution in [0.25, 0.3) is 0 Å². The molecule has 1 heterocycles. The van der Waals surface area contributed by atoms with Crippen molar-refractivity contribution < 1.29 is 5.11 Å². The van der Waals surface area contributed by atoms with Gasteiger partial charge in [-0.15, -0.1) is 0 Å². The van der Waals surface area contributed by atoms with Gasteiger partial charge in [0.2, 0.25) is 0 Å². The van der Waals surface area contributed by atoms with E-state index in [1.54, 1.807) is 0 Å². The normalized spacial score (nSPS) is 29.6. The van der Waals surface area contributed by atoms with Gasteiger partial charge in [0.15, 0.2) is 0 Å². The zero-order chi connectivity index (χ0) is 11.8. The van der Waals surface area contributed by atoms with Gasteiger partial charge >= 0.3 is 0 Å². The number of hydrogen-bond donors (Lipinski definition) is 1. The smallest absolute Gasteiger partial charge is 0.118 e. The molecule has 1 aliphatic heterocycles. The van der Waals surface area contributed by atoms with E-state index < -0.39 is 8.07 Å². The summed E-state index contributed by atoms with van der Waals surface area (Å²) in [7, 11) is -1.70. The maximum Gasteiger partial charge on any atom is 0.118 e. The molecular weight excluding hydrogens is 212 g/mol. The predicted molar refractivity (Wildman–Crippen MR) is 71.5 cm³/mol. The van der Waals surface area contributed by atoms with Crippen LogP contribution in [0.4, 0.5) is 0 Å². The molecule has 0 saturated carbocycles. The van der Waals surface area contributed by atoms with Crippen LogP contribution in [-0.4, -0.2) is 19.3 Å². The van der Waals surface area contributed by atoms with Crippen molar-refractivity contribution in [2.45, 2.75) is 38.0 Å². The summed E-state index contributed by atoms with van der Waals surface area (Å²) in [5.74, 6) is 0. The first-order valence-electron chi connectivity index (χ1n) is 5.89. The van der Waals surface area contributed by atoms with Crippen molar-refractivity contribution in [3.63, 3.8) is 0 Å². The Labute approximate surface area is 98.8 Å². The summed E-state index contributed by atoms with van der Waals surface area (Å²) < 4.78 is 0. The largest absolute Gasteiger partial charge is 0.389 e. The molecular formula is C14H20OSi. The fraction of sp³-hybridized carbons (Fsp3) is 0.429. The fourth-order valence-corrected chi connectivity index (χ4v) is 7.36. The van der Waals surface area contributed by atoms with Crippen molar-refractivity contribution in [2.24, 2.45) is 0 Å². The maximum absolute atomic E-state index is 9.84. The highest BCUT2D eigenvalue weighted by Crippen LogP contribution is 2.43. The molecule has 2 rings (SSSR count). The van der Waals surface area contributed by atoms with Gasteiger partial charge in [0.05, 0.1) is 6.10 Å². The van der Waals surface area contributed by atoms with Crippen LogP contribution in [-0.2, 0) is 0 Å². The van der Waals surface area contributed by atoms with Gasteiger partial charge in [-0.1, -0.05) is 68.1 Å². The van der Waals surface area contributed by atoms with Crippen LogP contribution in [0.1, 0.15) is 20.8 Å². The van der Waals surface area contributed by atoms with Gasteiger partial charge in [-0.2, -0.15) is 0 Å². The van der Waals surface area contributed by atoms with Gasteiger partial charge in [-0.05, 0) is 11.1 Å². The molecule has 0 bridgehead atoms. The van der Waals surface area contributed by atoms with Crippen molar-refractivity contribution >= 4 is 13.3 Å². The molecule has 1 aliphatic rings. The first-order valence-corrected chi connectivity index (χ1v) is 8.17. The van der Waals surface area contributed by atoms with Crippen LogP contribution in [0.2, 0.25) is 11.1 Å². The number of aliphatic hydroxyl groups is 1. The Morgan fingerprint density at radius 1 is 1.19 bits per heavy atom. The number of rotatable bonds is 1. The average molecular weight is 232 g/mol. The minimum Gasteiger partial charge on any atom is -0.389 e. The van der Waals surface area contributed by atoms with Gasteiger partial charge in [-0.3, -0.25) is 0 Å². The summed E-state index contributed by atoms with van der Waals surface area (Å²) in [6.07, 6.45) is 1.75. The SMILES string of the molecule is CC(C)(C)[Si@]1(c2ccccc2)C=C[C@H](O)C1. The number of hydrogen-bond acceptors (Lipinski definition) is 1. The third-order valence-corrected chi connectivity index (χ3v) is 9.63. The topological polar surface area (TPSA) is 20.2 Å². The maximum atomic E-state index is 9.84. The summed E-state index contributed by atoms with van der Waals surface area (Å²) in [5, 5.41) is 11.5. The summed E-state index contributed by atoms with van der Waals surface area (Å²) >= 11 is 0. The molecule has 1 N–H and O–H groups in total. The third-order valence-electron chi connectivity index (χ3n) is 3.76. The Balaban J connectivity index is 2.50. The van der Waals surface area contributed by atoms with Gasteiger partial charge in [0.1, 0.15) is 8.07 Å². The van der Waals surface area contributed by atoms with Crippen LogP contribution in [0, 0.1) is 0 Å². The highest BCUT2D eigenvalue weighted by Gasteiger charge is 2.47. The third kappa shape index (κ3) is 1.76. The minimum absolute atomic E-state index is 0.244. The number of aliphatic hydroxyl groups excluding tert-OH is 1. The van der Waals surface area contributed by atoms with Gasteiger partial charge in [-0.25, -0.2) is 0 Å². The predicted octanol–water partition coefficient (Wildman–Crippen LogP) is 2.61. The molecule has 0 saturated heterocycles. The molecule has 2 atom stereocenters. The second-order valence-corrected chi connectivity index (χ2v) is 10.5. The van der Waals surface area contributed by atoms with Crippen molar-refractivity contribution in [1.29, 1.82) is 0 Å². The second-order valence-electron chi connectivity index (χ2n) is 5.72. The van der Waals surface area contributed by atoms with Gasteiger partial charge < -0.3 is 5.11 Å². The summed E-state index contributed by atoms with van der Waals surface area (Å²) in [6.45, 7) is 6.90. The van der Waals surface area contributed by atoms with E-state index in [9.17, 15) is 5.11 Å². The average Bonchev–Trinajstić information content (AvgIpc) is 2.62. The van der Waals surface area contributed by atoms with Crippen LogP contribution in [0.5, 0.6) is 0 Å². The van der Waals surface area contributed by atoms with Gasteiger partial charge in [0, 0.05) is 0 Å². The van der Waals surface area contributed by atoms with E-state index in [0.717, 1.165) is 6.04 Å². The Morgan fingerprint density at radius 2 is 1.81 bits per heavy atom. The van der Waals surface area contributed by atoms with Crippen molar-refractivity contribution in [3.05, 3.63) is 42.1 Å². The number of benzene rings is 1. The molecule has 0 amide bonds. The lowest BCUT2D eigenvalue weighted by atomic mass is 10.2.